The van der Waals surface area contributed by atoms with Gasteiger partial charge in [0.25, 0.3) is 5.56 Å². The maximum absolute atomic E-state index is 13.0. The number of tetrazole rings is 1. The number of methoxy groups -OCH3 is 1. The Morgan fingerprint density at radius 1 is 1.24 bits per heavy atom. The number of furan rings is 1. The van der Waals surface area contributed by atoms with Crippen LogP contribution in [0.2, 0.25) is 0 Å². The molecule has 1 aromatic carbocycles. The number of nitrogens with one attached hydrogen (secondary N) is 1. The van der Waals surface area contributed by atoms with E-state index in [-0.39, 0.29) is 11.6 Å². The van der Waals surface area contributed by atoms with Crippen LogP contribution in [0, 0.1) is 0 Å². The van der Waals surface area contributed by atoms with E-state index in [1.165, 1.54) is 12.8 Å². The van der Waals surface area contributed by atoms with Crippen LogP contribution in [0.3, 0.4) is 0 Å². The monoisotopic (exact) mass is 462 g/mol. The van der Waals surface area contributed by atoms with Crippen LogP contribution in [0.25, 0.3) is 10.9 Å². The van der Waals surface area contributed by atoms with Crippen LogP contribution in [-0.2, 0) is 13.1 Å². The van der Waals surface area contributed by atoms with Crippen LogP contribution in [0.5, 0.6) is 5.75 Å². The molecule has 0 aliphatic heterocycles. The number of hydrogen-bond donors (Lipinski definition) is 1. The van der Waals surface area contributed by atoms with Gasteiger partial charge in [0.1, 0.15) is 11.5 Å². The Kier molecular flexibility index (Phi) is 6.44. The molecule has 178 valence electrons. The van der Waals surface area contributed by atoms with Gasteiger partial charge in [-0.25, -0.2) is 4.68 Å². The fourth-order valence-electron chi connectivity index (χ4n) is 5.01. The van der Waals surface area contributed by atoms with Gasteiger partial charge in [-0.1, -0.05) is 19.8 Å². The lowest BCUT2D eigenvalue weighted by molar-refractivity contribution is 0.146. The quantitative estimate of drug-likeness (QED) is 0.394. The van der Waals surface area contributed by atoms with Crippen LogP contribution < -0.4 is 10.3 Å². The first kappa shape index (κ1) is 22.3. The molecule has 5 rings (SSSR count). The molecule has 3 heterocycles. The summed E-state index contributed by atoms with van der Waals surface area (Å²) in [4.78, 5) is 18.3. The molecule has 1 unspecified atom stereocenters. The van der Waals surface area contributed by atoms with Gasteiger partial charge < -0.3 is 14.1 Å². The van der Waals surface area contributed by atoms with E-state index in [0.717, 1.165) is 47.5 Å². The van der Waals surface area contributed by atoms with Crippen molar-refractivity contribution in [3.8, 4) is 5.75 Å². The summed E-state index contributed by atoms with van der Waals surface area (Å²) in [5.41, 5.74) is 1.35. The first-order valence-corrected chi connectivity index (χ1v) is 11.9. The fraction of sp³-hybridized carbons (Fsp3) is 0.440. The lowest BCUT2D eigenvalue weighted by Gasteiger charge is -2.30. The molecule has 1 aliphatic rings. The molecule has 1 atom stereocenters. The maximum Gasteiger partial charge on any atom is 0.252 e. The number of ether oxygens (including phenoxy) is 1. The first-order valence-electron chi connectivity index (χ1n) is 11.9. The zero-order chi connectivity index (χ0) is 23.5. The molecule has 34 heavy (non-hydrogen) atoms. The zero-order valence-electron chi connectivity index (χ0n) is 19.6. The highest BCUT2D eigenvalue weighted by Gasteiger charge is 2.30. The number of benzene rings is 1. The van der Waals surface area contributed by atoms with Crippen molar-refractivity contribution in [2.75, 3.05) is 7.11 Å². The Morgan fingerprint density at radius 3 is 2.82 bits per heavy atom. The van der Waals surface area contributed by atoms with Gasteiger partial charge >= 0.3 is 0 Å². The van der Waals surface area contributed by atoms with Gasteiger partial charge in [-0.2, -0.15) is 0 Å². The van der Waals surface area contributed by atoms with Gasteiger partial charge in [0.2, 0.25) is 0 Å². The zero-order valence-corrected chi connectivity index (χ0v) is 19.6. The smallest absolute Gasteiger partial charge is 0.252 e. The number of hydrogen-bond acceptors (Lipinski definition) is 7. The number of fused-ring (bicyclic) bond motifs is 1. The molecule has 0 spiro atoms. The summed E-state index contributed by atoms with van der Waals surface area (Å²) in [6, 6.07) is 11.7. The summed E-state index contributed by atoms with van der Waals surface area (Å²) < 4.78 is 13.0. The molecule has 0 bridgehead atoms. The summed E-state index contributed by atoms with van der Waals surface area (Å²) in [7, 11) is 1.64. The Bertz CT molecular complexity index is 1290. The molecule has 4 aromatic rings. The second-order valence-corrected chi connectivity index (χ2v) is 8.91. The molecule has 3 aromatic heterocycles. The Hall–Kier alpha value is -3.46. The van der Waals surface area contributed by atoms with Crippen LogP contribution in [0.1, 0.15) is 68.3 Å². The van der Waals surface area contributed by atoms with Gasteiger partial charge in [0.05, 0.1) is 32.0 Å². The van der Waals surface area contributed by atoms with Crippen molar-refractivity contribution in [1.29, 1.82) is 0 Å². The SMILES string of the molecule is CCC(c1nnnn1C1CCCC1)N(Cc1ccco1)Cc1cc2cc(OC)ccc2[nH]c1=O. The third kappa shape index (κ3) is 4.48. The van der Waals surface area contributed by atoms with Crippen molar-refractivity contribution < 1.29 is 9.15 Å². The highest BCUT2D eigenvalue weighted by Crippen LogP contribution is 2.33. The number of aromatic nitrogens is 5. The largest absolute Gasteiger partial charge is 0.497 e. The van der Waals surface area contributed by atoms with E-state index in [0.29, 0.717) is 24.7 Å². The van der Waals surface area contributed by atoms with Crippen molar-refractivity contribution in [3.05, 3.63) is 70.2 Å². The highest BCUT2D eigenvalue weighted by molar-refractivity contribution is 5.80. The minimum Gasteiger partial charge on any atom is -0.497 e. The molecule has 1 aliphatic carbocycles. The summed E-state index contributed by atoms with van der Waals surface area (Å²) in [6.45, 7) is 3.10. The third-order valence-corrected chi connectivity index (χ3v) is 6.76. The van der Waals surface area contributed by atoms with E-state index >= 15 is 0 Å². The summed E-state index contributed by atoms with van der Waals surface area (Å²) in [5.74, 6) is 2.43. The number of H-pyrrole nitrogens is 1. The third-order valence-electron chi connectivity index (χ3n) is 6.76. The number of pyridine rings is 1. The Balaban J connectivity index is 1.52. The molecular formula is C25H30N6O3. The van der Waals surface area contributed by atoms with Gasteiger partial charge in [0, 0.05) is 23.0 Å². The maximum atomic E-state index is 13.0. The van der Waals surface area contributed by atoms with E-state index in [1.807, 2.05) is 41.1 Å². The molecule has 0 amide bonds. The fourth-order valence-corrected chi connectivity index (χ4v) is 5.01. The van der Waals surface area contributed by atoms with E-state index in [4.69, 9.17) is 9.15 Å². The van der Waals surface area contributed by atoms with Crippen molar-refractivity contribution in [1.82, 2.24) is 30.1 Å². The molecule has 0 saturated heterocycles. The van der Waals surface area contributed by atoms with Crippen LogP contribution in [-0.4, -0.2) is 37.2 Å². The van der Waals surface area contributed by atoms with Crippen LogP contribution >= 0.6 is 0 Å². The topological polar surface area (TPSA) is 102 Å². The minimum absolute atomic E-state index is 0.0684. The summed E-state index contributed by atoms with van der Waals surface area (Å²) >= 11 is 0. The Morgan fingerprint density at radius 2 is 2.09 bits per heavy atom. The second-order valence-electron chi connectivity index (χ2n) is 8.91. The van der Waals surface area contributed by atoms with Gasteiger partial charge in [-0.05, 0) is 66.1 Å². The number of aromatic amines is 1. The average molecular weight is 463 g/mol. The van der Waals surface area contributed by atoms with Crippen molar-refractivity contribution in [2.24, 2.45) is 0 Å². The van der Waals surface area contributed by atoms with Crippen molar-refractivity contribution in [2.45, 2.75) is 64.2 Å². The molecular weight excluding hydrogens is 432 g/mol. The second kappa shape index (κ2) is 9.80. The molecule has 0 radical (unpaired) electrons. The van der Waals surface area contributed by atoms with Crippen LogP contribution in [0.15, 0.2) is 51.9 Å². The van der Waals surface area contributed by atoms with Gasteiger partial charge in [0.15, 0.2) is 5.82 Å². The summed E-state index contributed by atoms with van der Waals surface area (Å²) in [6.07, 6.45) is 7.07. The van der Waals surface area contributed by atoms with E-state index in [1.54, 1.807) is 13.4 Å². The highest BCUT2D eigenvalue weighted by atomic mass is 16.5. The lowest BCUT2D eigenvalue weighted by atomic mass is 10.1. The van der Waals surface area contributed by atoms with Crippen molar-refractivity contribution >= 4 is 10.9 Å². The van der Waals surface area contributed by atoms with E-state index in [2.05, 4.69) is 32.3 Å². The molecule has 1 saturated carbocycles. The molecule has 9 nitrogen and oxygen atoms in total. The normalized spacial score (nSPS) is 15.4. The molecule has 1 N–H and O–H groups in total. The van der Waals surface area contributed by atoms with Gasteiger partial charge in [-0.3, -0.25) is 9.69 Å². The van der Waals surface area contributed by atoms with Gasteiger partial charge in [-0.15, -0.1) is 5.10 Å². The summed E-state index contributed by atoms with van der Waals surface area (Å²) in [5, 5.41) is 13.8. The predicted molar refractivity (Wildman–Crippen MR) is 127 cm³/mol. The lowest BCUT2D eigenvalue weighted by Crippen LogP contribution is -2.32. The average Bonchev–Trinajstić information content (AvgIpc) is 3.62. The van der Waals surface area contributed by atoms with E-state index in [9.17, 15) is 4.79 Å². The number of rotatable bonds is 9. The predicted octanol–water partition coefficient (Wildman–Crippen LogP) is 4.38. The van der Waals surface area contributed by atoms with Crippen molar-refractivity contribution in [3.63, 3.8) is 0 Å². The number of nitrogens with zero attached hydrogens (tertiary/aromatic N) is 5. The molecule has 9 heteroatoms. The first-order chi connectivity index (χ1) is 16.7. The standard InChI is InChI=1S/C25H30N6O3/c1-3-23(24-27-28-29-31(24)19-7-4-5-8-19)30(16-21-9-6-12-34-21)15-18-13-17-14-20(33-2)10-11-22(17)26-25(18)32/h6,9-14,19,23H,3-5,7-8,15-16H2,1-2H3,(H,26,32). The van der Waals surface area contributed by atoms with Crippen LogP contribution in [0.4, 0.5) is 0 Å². The minimum atomic E-state index is -0.104. The van der Waals surface area contributed by atoms with E-state index < -0.39 is 0 Å². The molecule has 1 fully saturated rings. The Labute approximate surface area is 197 Å².